The fourth-order valence-corrected chi connectivity index (χ4v) is 5.07. The van der Waals surface area contributed by atoms with Crippen molar-refractivity contribution in [3.05, 3.63) is 78.1 Å². The van der Waals surface area contributed by atoms with Crippen LogP contribution in [-0.4, -0.2) is 19.9 Å². The molecule has 1 aliphatic rings. The molecule has 150 valence electrons. The van der Waals surface area contributed by atoms with Crippen molar-refractivity contribution in [2.24, 2.45) is 0 Å². The number of rotatable bonds is 3. The summed E-state index contributed by atoms with van der Waals surface area (Å²) in [5.41, 5.74) is 2.18. The zero-order chi connectivity index (χ0) is 20.6. The first-order chi connectivity index (χ1) is 13.8. The Morgan fingerprint density at radius 3 is 2.52 bits per heavy atom. The molecule has 0 aliphatic carbocycles. The summed E-state index contributed by atoms with van der Waals surface area (Å²) in [6.07, 6.45) is 0.0661. The molecular weight excluding hydrogens is 401 g/mol. The van der Waals surface area contributed by atoms with Crippen molar-refractivity contribution in [2.75, 3.05) is 10.8 Å². The zero-order valence-corrected chi connectivity index (χ0v) is 16.0. The number of benzene rings is 2. The quantitative estimate of drug-likeness (QED) is 0.607. The van der Waals surface area contributed by atoms with Crippen LogP contribution >= 0.6 is 0 Å². The van der Waals surface area contributed by atoms with Crippen LogP contribution in [0.5, 0.6) is 0 Å². The van der Waals surface area contributed by atoms with Crippen LogP contribution in [0.15, 0.2) is 71.9 Å². The van der Waals surface area contributed by atoms with E-state index >= 15 is 0 Å². The summed E-state index contributed by atoms with van der Waals surface area (Å²) >= 11 is 0. The number of alkyl halides is 3. The smallest absolute Gasteiger partial charge is 0.266 e. The van der Waals surface area contributed by atoms with E-state index in [4.69, 9.17) is 0 Å². The van der Waals surface area contributed by atoms with Gasteiger partial charge in [0.05, 0.1) is 16.1 Å². The SMILES string of the molecule is O=S(=O)(c1cccc(C(F)(F)F)c1)N1CCCc2cc(-c3cccnc3)ccc21. The predicted molar refractivity (Wildman–Crippen MR) is 104 cm³/mol. The van der Waals surface area contributed by atoms with Crippen molar-refractivity contribution in [1.82, 2.24) is 4.98 Å². The third-order valence-electron chi connectivity index (χ3n) is 4.90. The maximum absolute atomic E-state index is 13.1. The van der Waals surface area contributed by atoms with Gasteiger partial charge >= 0.3 is 6.18 Å². The molecule has 0 unspecified atom stereocenters. The minimum Gasteiger partial charge on any atom is -0.266 e. The van der Waals surface area contributed by atoms with Gasteiger partial charge in [0, 0.05) is 18.9 Å². The minimum absolute atomic E-state index is 0.220. The number of pyridine rings is 1. The number of aryl methyl sites for hydroxylation is 1. The van der Waals surface area contributed by atoms with Gasteiger partial charge in [-0.25, -0.2) is 8.42 Å². The highest BCUT2D eigenvalue weighted by Gasteiger charge is 2.34. The molecular formula is C21H17F3N2O2S. The minimum atomic E-state index is -4.61. The Morgan fingerprint density at radius 2 is 1.79 bits per heavy atom. The van der Waals surface area contributed by atoms with E-state index in [1.165, 1.54) is 10.4 Å². The van der Waals surface area contributed by atoms with Crippen molar-refractivity contribution in [3.8, 4) is 11.1 Å². The second-order valence-electron chi connectivity index (χ2n) is 6.79. The number of aromatic nitrogens is 1. The van der Waals surface area contributed by atoms with Crippen molar-refractivity contribution in [2.45, 2.75) is 23.9 Å². The van der Waals surface area contributed by atoms with Gasteiger partial charge in [-0.15, -0.1) is 0 Å². The molecule has 0 saturated carbocycles. The van der Waals surface area contributed by atoms with Crippen molar-refractivity contribution >= 4 is 15.7 Å². The summed E-state index contributed by atoms with van der Waals surface area (Å²) < 4.78 is 66.6. The number of nitrogens with zero attached hydrogens (tertiary/aromatic N) is 2. The Labute approximate surface area is 166 Å². The third-order valence-corrected chi connectivity index (χ3v) is 6.71. The maximum atomic E-state index is 13.1. The molecule has 1 aliphatic heterocycles. The zero-order valence-electron chi connectivity index (χ0n) is 15.2. The Hall–Kier alpha value is -2.87. The number of fused-ring (bicyclic) bond motifs is 1. The van der Waals surface area contributed by atoms with E-state index < -0.39 is 21.8 Å². The van der Waals surface area contributed by atoms with E-state index in [9.17, 15) is 21.6 Å². The molecule has 0 bridgehead atoms. The van der Waals surface area contributed by atoms with Gasteiger partial charge in [-0.2, -0.15) is 13.2 Å². The highest BCUT2D eigenvalue weighted by Crippen LogP contribution is 2.36. The molecule has 0 N–H and O–H groups in total. The monoisotopic (exact) mass is 418 g/mol. The molecule has 0 saturated heterocycles. The van der Waals surface area contributed by atoms with E-state index in [1.807, 2.05) is 18.2 Å². The average Bonchev–Trinajstić information content (AvgIpc) is 2.73. The molecule has 0 fully saturated rings. The average molecular weight is 418 g/mol. The van der Waals surface area contributed by atoms with Crippen molar-refractivity contribution in [3.63, 3.8) is 0 Å². The van der Waals surface area contributed by atoms with Gasteiger partial charge in [0.2, 0.25) is 0 Å². The Balaban J connectivity index is 1.74. The first-order valence-corrected chi connectivity index (χ1v) is 10.4. The van der Waals surface area contributed by atoms with Gasteiger partial charge < -0.3 is 0 Å². The van der Waals surface area contributed by atoms with Crippen LogP contribution in [-0.2, 0) is 22.6 Å². The third kappa shape index (κ3) is 3.72. The summed E-state index contributed by atoms with van der Waals surface area (Å²) in [7, 11) is -4.11. The predicted octanol–water partition coefficient (Wildman–Crippen LogP) is 4.91. The molecule has 3 aromatic rings. The van der Waals surface area contributed by atoms with Crippen LogP contribution in [0.4, 0.5) is 18.9 Å². The number of halogens is 3. The van der Waals surface area contributed by atoms with Gasteiger partial charge in [-0.05, 0) is 65.9 Å². The Morgan fingerprint density at radius 1 is 0.966 bits per heavy atom. The van der Waals surface area contributed by atoms with Gasteiger partial charge in [-0.1, -0.05) is 18.2 Å². The van der Waals surface area contributed by atoms with Gasteiger partial charge in [0.25, 0.3) is 10.0 Å². The van der Waals surface area contributed by atoms with Crippen LogP contribution in [0, 0.1) is 0 Å². The largest absolute Gasteiger partial charge is 0.416 e. The lowest BCUT2D eigenvalue weighted by Gasteiger charge is -2.31. The van der Waals surface area contributed by atoms with Gasteiger partial charge in [0.15, 0.2) is 0 Å². The van der Waals surface area contributed by atoms with Crippen molar-refractivity contribution in [1.29, 1.82) is 0 Å². The molecule has 0 radical (unpaired) electrons. The van der Waals surface area contributed by atoms with Crippen LogP contribution in [0.2, 0.25) is 0 Å². The summed E-state index contributed by atoms with van der Waals surface area (Å²) in [5.74, 6) is 0. The number of anilines is 1. The van der Waals surface area contributed by atoms with Crippen LogP contribution in [0.25, 0.3) is 11.1 Å². The molecule has 2 heterocycles. The molecule has 0 amide bonds. The second-order valence-corrected chi connectivity index (χ2v) is 8.65. The van der Waals surface area contributed by atoms with Gasteiger partial charge in [-0.3, -0.25) is 9.29 Å². The van der Waals surface area contributed by atoms with E-state index in [2.05, 4.69) is 4.98 Å². The lowest BCUT2D eigenvalue weighted by atomic mass is 9.98. The Bertz CT molecular complexity index is 1150. The summed E-state index contributed by atoms with van der Waals surface area (Å²) in [6, 6.07) is 13.0. The Kier molecular flexibility index (Phi) is 4.82. The maximum Gasteiger partial charge on any atom is 0.416 e. The molecule has 0 spiro atoms. The van der Waals surface area contributed by atoms with E-state index in [-0.39, 0.29) is 11.4 Å². The molecule has 2 aromatic carbocycles. The van der Waals surface area contributed by atoms with E-state index in [0.29, 0.717) is 24.6 Å². The molecule has 1 aromatic heterocycles. The van der Waals surface area contributed by atoms with E-state index in [1.54, 1.807) is 24.5 Å². The normalized spacial score (nSPS) is 14.5. The fraction of sp³-hybridized carbons (Fsp3) is 0.190. The first kappa shape index (κ1) is 19.4. The first-order valence-electron chi connectivity index (χ1n) is 9.00. The molecule has 29 heavy (non-hydrogen) atoms. The van der Waals surface area contributed by atoms with Crippen LogP contribution in [0.1, 0.15) is 17.5 Å². The van der Waals surface area contributed by atoms with E-state index in [0.717, 1.165) is 28.8 Å². The number of sulfonamides is 1. The summed E-state index contributed by atoms with van der Waals surface area (Å²) in [5, 5.41) is 0. The highest BCUT2D eigenvalue weighted by molar-refractivity contribution is 7.92. The topological polar surface area (TPSA) is 50.3 Å². The van der Waals surface area contributed by atoms with Crippen LogP contribution in [0.3, 0.4) is 0 Å². The molecule has 8 heteroatoms. The molecule has 0 atom stereocenters. The van der Waals surface area contributed by atoms with Crippen LogP contribution < -0.4 is 4.31 Å². The molecule has 4 nitrogen and oxygen atoms in total. The van der Waals surface area contributed by atoms with Crippen molar-refractivity contribution < 1.29 is 21.6 Å². The highest BCUT2D eigenvalue weighted by atomic mass is 32.2. The number of hydrogen-bond donors (Lipinski definition) is 0. The molecule has 4 rings (SSSR count). The lowest BCUT2D eigenvalue weighted by Crippen LogP contribution is -2.35. The number of hydrogen-bond acceptors (Lipinski definition) is 3. The standard InChI is InChI=1S/C21H17F3N2O2S/c22-21(23,24)18-6-1-7-19(13-18)29(27,28)26-11-3-5-16-12-15(8-9-20(16)26)17-4-2-10-25-14-17/h1-2,4,6-10,12-14H,3,5,11H2. The summed E-state index contributed by atoms with van der Waals surface area (Å²) in [4.78, 5) is 3.73. The fourth-order valence-electron chi connectivity index (χ4n) is 3.49. The summed E-state index contributed by atoms with van der Waals surface area (Å²) in [6.45, 7) is 0.220. The second kappa shape index (κ2) is 7.18. The lowest BCUT2D eigenvalue weighted by molar-refractivity contribution is -0.137. The van der Waals surface area contributed by atoms with Gasteiger partial charge in [0.1, 0.15) is 0 Å².